The van der Waals surface area contributed by atoms with E-state index in [1.165, 1.54) is 88.3 Å². The van der Waals surface area contributed by atoms with Crippen molar-refractivity contribution in [1.29, 1.82) is 0 Å². The molecular formula is C38H28Cl2SiZr. The van der Waals surface area contributed by atoms with Crippen LogP contribution in [0.1, 0.15) is 57.3 Å². The Bertz CT molecular complexity index is 1820. The van der Waals surface area contributed by atoms with E-state index in [0.717, 1.165) is 35.7 Å². The van der Waals surface area contributed by atoms with Crippen LogP contribution in [0.25, 0.3) is 33.4 Å². The summed E-state index contributed by atoms with van der Waals surface area (Å²) in [6.07, 6.45) is 17.0. The van der Waals surface area contributed by atoms with Gasteiger partial charge in [0.2, 0.25) is 0 Å². The monoisotopic (exact) mass is 672 g/mol. The molecule has 202 valence electrons. The van der Waals surface area contributed by atoms with Gasteiger partial charge in [0.15, 0.2) is 0 Å². The Morgan fingerprint density at radius 1 is 0.595 bits per heavy atom. The van der Waals surface area contributed by atoms with E-state index in [1.807, 2.05) is 0 Å². The van der Waals surface area contributed by atoms with Crippen molar-refractivity contribution < 1.29 is 26.2 Å². The van der Waals surface area contributed by atoms with E-state index in [9.17, 15) is 0 Å². The van der Waals surface area contributed by atoms with Gasteiger partial charge in [-0.1, -0.05) is 108 Å². The molecule has 4 heteroatoms. The standard InChI is InChI=1S/C38H28Cl2Si.Zr/c1-21-31-27-17-9-7-15-25(27)19-29(31)35(39)33(23-11-3-4-12-23)37(21)41-38-22(2)32-28-18-10-8-16-26(28)20-30(32)36(40)34(38)24-13-5-6-14-24;/h3-11,13,15-18H,12,14,19-20H2,1-2H3;. The molecule has 0 saturated heterocycles. The van der Waals surface area contributed by atoms with Gasteiger partial charge in [0.25, 0.3) is 0 Å². The van der Waals surface area contributed by atoms with Crippen molar-refractivity contribution in [2.24, 2.45) is 0 Å². The molecule has 4 aliphatic rings. The Balaban J connectivity index is 0.00000288. The molecule has 0 saturated carbocycles. The molecular weight excluding hydrogens is 647 g/mol. The third kappa shape index (κ3) is 4.17. The maximum absolute atomic E-state index is 7.45. The smallest absolute Gasteiger partial charge is 0.0833 e. The summed E-state index contributed by atoms with van der Waals surface area (Å²) >= 11 is 14.9. The fourth-order valence-electron chi connectivity index (χ4n) is 7.40. The van der Waals surface area contributed by atoms with Crippen molar-refractivity contribution in [3.05, 3.63) is 140 Å². The van der Waals surface area contributed by atoms with Crippen LogP contribution in [0.15, 0.2) is 85.0 Å². The molecule has 2 radical (unpaired) electrons. The van der Waals surface area contributed by atoms with Crippen molar-refractivity contribution in [3.8, 4) is 22.3 Å². The molecule has 0 atom stereocenters. The van der Waals surface area contributed by atoms with Crippen LogP contribution >= 0.6 is 23.2 Å². The summed E-state index contributed by atoms with van der Waals surface area (Å²) in [4.78, 5) is 0. The van der Waals surface area contributed by atoms with Crippen molar-refractivity contribution >= 4 is 54.2 Å². The zero-order valence-corrected chi connectivity index (χ0v) is 28.6. The summed E-state index contributed by atoms with van der Waals surface area (Å²) in [5.74, 6) is 0. The van der Waals surface area contributed by atoms with E-state index >= 15 is 0 Å². The van der Waals surface area contributed by atoms with E-state index in [2.05, 4.69) is 98.8 Å². The molecule has 0 amide bonds. The second-order valence-corrected chi connectivity index (χ2v) is 13.5. The van der Waals surface area contributed by atoms with E-state index in [4.69, 9.17) is 23.2 Å². The van der Waals surface area contributed by atoms with Gasteiger partial charge in [-0.2, -0.15) is 0 Å². The van der Waals surface area contributed by atoms with E-state index in [-0.39, 0.29) is 26.2 Å². The second-order valence-electron chi connectivity index (χ2n) is 11.5. The van der Waals surface area contributed by atoms with Crippen LogP contribution in [0.4, 0.5) is 0 Å². The quantitative estimate of drug-likeness (QED) is 0.164. The van der Waals surface area contributed by atoms with Gasteiger partial charge in [-0.15, -0.1) is 0 Å². The van der Waals surface area contributed by atoms with Gasteiger partial charge in [0.05, 0.1) is 10.0 Å². The Labute approximate surface area is 279 Å². The fourth-order valence-corrected chi connectivity index (χ4v) is 10.0. The van der Waals surface area contributed by atoms with Gasteiger partial charge in [0, 0.05) is 39.0 Å². The third-order valence-corrected chi connectivity index (χ3v) is 11.9. The zero-order chi connectivity index (χ0) is 27.8. The molecule has 4 aliphatic carbocycles. The molecule has 8 rings (SSSR count). The minimum atomic E-state index is 0. The SMILES string of the molecule is Cc1c([Si]c2c(C)c3c(c(Cl)c2C2=CC=CC2)Cc2ccccc2-3)c(C2=CC=CC2)c(Cl)c2c1-c1ccccc1C2.[Zr]. The molecule has 0 heterocycles. The van der Waals surface area contributed by atoms with E-state index < -0.39 is 0 Å². The maximum atomic E-state index is 7.45. The van der Waals surface area contributed by atoms with Gasteiger partial charge in [0.1, 0.15) is 9.52 Å². The van der Waals surface area contributed by atoms with Gasteiger partial charge in [-0.05, 0) is 115 Å². The molecule has 0 aliphatic heterocycles. The third-order valence-electron chi connectivity index (χ3n) is 9.32. The molecule has 42 heavy (non-hydrogen) atoms. The predicted molar refractivity (Wildman–Crippen MR) is 177 cm³/mol. The average Bonchev–Trinajstić information content (AvgIpc) is 3.80. The molecule has 0 aromatic heterocycles. The van der Waals surface area contributed by atoms with E-state index in [1.54, 1.807) is 0 Å². The van der Waals surface area contributed by atoms with Crippen LogP contribution < -0.4 is 10.4 Å². The predicted octanol–water partition coefficient (Wildman–Crippen LogP) is 9.09. The second kappa shape index (κ2) is 10.9. The molecule has 0 bridgehead atoms. The van der Waals surface area contributed by atoms with Crippen molar-refractivity contribution in [2.45, 2.75) is 39.5 Å². The minimum absolute atomic E-state index is 0. The van der Waals surface area contributed by atoms with Crippen molar-refractivity contribution in [3.63, 3.8) is 0 Å². The first kappa shape index (κ1) is 28.3. The van der Waals surface area contributed by atoms with Gasteiger partial charge in [-0.3, -0.25) is 0 Å². The molecule has 0 N–H and O–H groups in total. The molecule has 0 nitrogen and oxygen atoms in total. The average molecular weight is 675 g/mol. The Kier molecular flexibility index (Phi) is 7.35. The number of rotatable bonds is 4. The normalized spacial score (nSPS) is 15.2. The van der Waals surface area contributed by atoms with Gasteiger partial charge in [-0.25, -0.2) is 0 Å². The zero-order valence-electron chi connectivity index (χ0n) is 23.7. The van der Waals surface area contributed by atoms with Crippen molar-refractivity contribution in [1.82, 2.24) is 0 Å². The maximum Gasteiger partial charge on any atom is 0.124 e. The van der Waals surface area contributed by atoms with E-state index in [0.29, 0.717) is 9.52 Å². The molecule has 0 unspecified atom stereocenters. The van der Waals surface area contributed by atoms with Crippen LogP contribution in [0, 0.1) is 13.8 Å². The van der Waals surface area contributed by atoms with Gasteiger partial charge < -0.3 is 0 Å². The Hall–Kier alpha value is -2.48. The molecule has 4 aromatic rings. The molecule has 0 fully saturated rings. The fraction of sp³-hybridized carbons (Fsp3) is 0.158. The summed E-state index contributed by atoms with van der Waals surface area (Å²) in [7, 11) is 0.434. The Morgan fingerprint density at radius 3 is 1.43 bits per heavy atom. The first-order valence-electron chi connectivity index (χ1n) is 14.4. The van der Waals surface area contributed by atoms with Crippen LogP contribution in [0.5, 0.6) is 0 Å². The summed E-state index contributed by atoms with van der Waals surface area (Å²) < 4.78 is 0. The number of hydrogen-bond acceptors (Lipinski definition) is 0. The number of halogens is 2. The topological polar surface area (TPSA) is 0 Å². The number of hydrogen-bond donors (Lipinski definition) is 0. The largest absolute Gasteiger partial charge is 0.124 e. The first-order valence-corrected chi connectivity index (χ1v) is 16.1. The van der Waals surface area contributed by atoms with Gasteiger partial charge >= 0.3 is 0 Å². The molecule has 0 spiro atoms. The molecule has 4 aromatic carbocycles. The van der Waals surface area contributed by atoms with Crippen molar-refractivity contribution in [2.75, 3.05) is 0 Å². The van der Waals surface area contributed by atoms with Crippen LogP contribution in [-0.2, 0) is 39.0 Å². The minimum Gasteiger partial charge on any atom is -0.0833 e. The summed E-state index contributed by atoms with van der Waals surface area (Å²) in [6, 6.07) is 17.6. The van der Waals surface area contributed by atoms with Crippen LogP contribution in [-0.4, -0.2) is 9.52 Å². The number of fused-ring (bicyclic) bond motifs is 6. The Morgan fingerprint density at radius 2 is 1.02 bits per heavy atom. The summed E-state index contributed by atoms with van der Waals surface area (Å²) in [5.41, 5.74) is 18.5. The number of benzene rings is 4. The summed E-state index contributed by atoms with van der Waals surface area (Å²) in [6.45, 7) is 4.64. The summed E-state index contributed by atoms with van der Waals surface area (Å²) in [5, 5.41) is 4.58. The number of allylic oxidation sites excluding steroid dienone is 8. The first-order chi connectivity index (χ1) is 20.0. The van der Waals surface area contributed by atoms with Crippen LogP contribution in [0.3, 0.4) is 0 Å². The van der Waals surface area contributed by atoms with Crippen LogP contribution in [0.2, 0.25) is 10.0 Å².